The molecule has 20 heavy (non-hydrogen) atoms. The summed E-state index contributed by atoms with van der Waals surface area (Å²) in [5, 5.41) is 2.50. The number of carbonyl (C=O) groups is 1. The lowest BCUT2D eigenvalue weighted by atomic mass is 10.1. The first-order valence-corrected chi connectivity index (χ1v) is 7.19. The monoisotopic (exact) mass is 403 g/mol. The van der Waals surface area contributed by atoms with Crippen LogP contribution in [0.1, 0.15) is 15.9 Å². The van der Waals surface area contributed by atoms with Crippen LogP contribution in [-0.2, 0) is 0 Å². The Morgan fingerprint density at radius 3 is 2.20 bits per heavy atom. The van der Waals surface area contributed by atoms with Crippen LogP contribution >= 0.6 is 31.9 Å². The lowest BCUT2D eigenvalue weighted by Gasteiger charge is -2.10. The smallest absolute Gasteiger partial charge is 0.261 e. The van der Waals surface area contributed by atoms with Crippen LogP contribution in [0.2, 0.25) is 0 Å². The molecule has 0 spiro atoms. The van der Waals surface area contributed by atoms with Gasteiger partial charge in [-0.2, -0.15) is 0 Å². The van der Waals surface area contributed by atoms with Gasteiger partial charge in [-0.05, 0) is 42.8 Å². The number of halogens is 4. The topological polar surface area (TPSA) is 29.1 Å². The maximum Gasteiger partial charge on any atom is 0.261 e. The van der Waals surface area contributed by atoms with Gasteiger partial charge in [-0.25, -0.2) is 8.78 Å². The van der Waals surface area contributed by atoms with Crippen molar-refractivity contribution in [1.82, 2.24) is 0 Å². The molecule has 0 saturated carbocycles. The summed E-state index contributed by atoms with van der Waals surface area (Å²) in [5.41, 5.74) is 0.682. The van der Waals surface area contributed by atoms with Crippen LogP contribution in [0.25, 0.3) is 0 Å². The zero-order valence-electron chi connectivity index (χ0n) is 10.3. The summed E-state index contributed by atoms with van der Waals surface area (Å²) in [5.74, 6) is -2.65. The predicted octanol–water partition coefficient (Wildman–Crippen LogP) is 5.05. The van der Waals surface area contributed by atoms with E-state index in [9.17, 15) is 13.6 Å². The minimum absolute atomic E-state index is 0.240. The van der Waals surface area contributed by atoms with Gasteiger partial charge in [-0.15, -0.1) is 0 Å². The minimum atomic E-state index is -0.913. The molecule has 0 radical (unpaired) electrons. The van der Waals surface area contributed by atoms with E-state index in [0.717, 1.165) is 22.2 Å². The number of benzene rings is 2. The Labute approximate surface area is 131 Å². The highest BCUT2D eigenvalue weighted by atomic mass is 79.9. The molecule has 2 nitrogen and oxygen atoms in total. The van der Waals surface area contributed by atoms with Crippen LogP contribution in [-0.4, -0.2) is 5.91 Å². The van der Waals surface area contributed by atoms with Crippen molar-refractivity contribution in [2.24, 2.45) is 0 Å². The van der Waals surface area contributed by atoms with Gasteiger partial charge in [0.2, 0.25) is 0 Å². The fourth-order valence-corrected chi connectivity index (χ4v) is 2.59. The van der Waals surface area contributed by atoms with Crippen molar-refractivity contribution in [2.45, 2.75) is 6.92 Å². The van der Waals surface area contributed by atoms with Crippen LogP contribution < -0.4 is 5.32 Å². The largest absolute Gasteiger partial charge is 0.322 e. The van der Waals surface area contributed by atoms with Gasteiger partial charge in [0, 0.05) is 14.6 Å². The van der Waals surface area contributed by atoms with Crippen LogP contribution in [0, 0.1) is 18.6 Å². The highest BCUT2D eigenvalue weighted by Crippen LogP contribution is 2.23. The van der Waals surface area contributed by atoms with Crippen molar-refractivity contribution in [2.75, 3.05) is 5.32 Å². The number of rotatable bonds is 2. The molecular formula is C14H9Br2F2NO. The highest BCUT2D eigenvalue weighted by molar-refractivity contribution is 9.10. The molecule has 2 rings (SSSR count). The van der Waals surface area contributed by atoms with Crippen molar-refractivity contribution < 1.29 is 13.6 Å². The van der Waals surface area contributed by atoms with Crippen LogP contribution in [0.5, 0.6) is 0 Å². The van der Waals surface area contributed by atoms with Gasteiger partial charge in [0.15, 0.2) is 0 Å². The summed E-state index contributed by atoms with van der Waals surface area (Å²) in [6.07, 6.45) is 0. The molecule has 0 fully saturated rings. The number of hydrogen-bond acceptors (Lipinski definition) is 1. The molecule has 2 aromatic rings. The zero-order valence-corrected chi connectivity index (χ0v) is 13.5. The molecule has 0 atom stereocenters. The Balaban J connectivity index is 2.33. The first-order valence-electron chi connectivity index (χ1n) is 5.60. The first-order chi connectivity index (χ1) is 9.38. The molecule has 0 bridgehead atoms. The zero-order chi connectivity index (χ0) is 14.9. The molecule has 0 aliphatic carbocycles. The molecule has 0 heterocycles. The second-order valence-electron chi connectivity index (χ2n) is 4.16. The Kier molecular flexibility index (Phi) is 4.55. The fraction of sp³-hybridized carbons (Fsp3) is 0.0714. The summed E-state index contributed by atoms with van der Waals surface area (Å²) in [6.45, 7) is 1.79. The standard InChI is InChI=1S/C14H9Br2F2NO/c1-7-4-8(15)2-3-12(7)19-14(20)13-10(17)5-9(16)6-11(13)18/h2-6H,1H3,(H,19,20). The molecule has 0 aromatic heterocycles. The van der Waals surface area contributed by atoms with Gasteiger partial charge in [-0.1, -0.05) is 31.9 Å². The average molecular weight is 405 g/mol. The van der Waals surface area contributed by atoms with Crippen molar-refractivity contribution in [3.63, 3.8) is 0 Å². The van der Waals surface area contributed by atoms with Crippen LogP contribution in [0.4, 0.5) is 14.5 Å². The van der Waals surface area contributed by atoms with Crippen LogP contribution in [0.15, 0.2) is 39.3 Å². The third-order valence-corrected chi connectivity index (χ3v) is 3.62. The molecule has 0 unspecified atom stereocenters. The van der Waals surface area contributed by atoms with Gasteiger partial charge < -0.3 is 5.32 Å². The summed E-state index contributed by atoms with van der Waals surface area (Å²) < 4.78 is 28.5. The minimum Gasteiger partial charge on any atom is -0.322 e. The van der Waals surface area contributed by atoms with Gasteiger partial charge in [0.1, 0.15) is 17.2 Å². The molecular weight excluding hydrogens is 396 g/mol. The number of nitrogens with one attached hydrogen (secondary N) is 1. The molecule has 6 heteroatoms. The molecule has 0 saturated heterocycles. The maximum absolute atomic E-state index is 13.7. The molecule has 0 aliphatic rings. The van der Waals surface area contributed by atoms with Crippen molar-refractivity contribution in [3.05, 3.63) is 62.0 Å². The Morgan fingerprint density at radius 2 is 1.65 bits per heavy atom. The van der Waals surface area contributed by atoms with Gasteiger partial charge in [-0.3, -0.25) is 4.79 Å². The van der Waals surface area contributed by atoms with E-state index in [1.807, 2.05) is 0 Å². The summed E-state index contributed by atoms with van der Waals surface area (Å²) in [6, 6.07) is 7.28. The number of hydrogen-bond donors (Lipinski definition) is 1. The molecule has 104 valence electrons. The molecule has 0 aliphatic heterocycles. The number of carbonyl (C=O) groups excluding carboxylic acids is 1. The Morgan fingerprint density at radius 1 is 1.05 bits per heavy atom. The lowest BCUT2D eigenvalue weighted by Crippen LogP contribution is -2.16. The second-order valence-corrected chi connectivity index (χ2v) is 5.99. The van der Waals surface area contributed by atoms with E-state index in [2.05, 4.69) is 37.2 Å². The highest BCUT2D eigenvalue weighted by Gasteiger charge is 2.19. The number of aryl methyl sites for hydroxylation is 1. The molecule has 1 amide bonds. The SMILES string of the molecule is Cc1cc(Br)ccc1NC(=O)c1c(F)cc(Br)cc1F. The summed E-state index contributed by atoms with van der Waals surface area (Å²) >= 11 is 6.27. The van der Waals surface area contributed by atoms with Crippen molar-refractivity contribution in [1.29, 1.82) is 0 Å². The van der Waals surface area contributed by atoms with Gasteiger partial charge in [0.25, 0.3) is 5.91 Å². The normalized spacial score (nSPS) is 10.4. The Bertz CT molecular complexity index is 666. The van der Waals surface area contributed by atoms with Crippen molar-refractivity contribution >= 4 is 43.5 Å². The van der Waals surface area contributed by atoms with Crippen molar-refractivity contribution in [3.8, 4) is 0 Å². The number of anilines is 1. The van der Waals surface area contributed by atoms with E-state index in [4.69, 9.17) is 0 Å². The maximum atomic E-state index is 13.7. The lowest BCUT2D eigenvalue weighted by molar-refractivity contribution is 0.101. The van der Waals surface area contributed by atoms with E-state index in [0.29, 0.717) is 5.69 Å². The summed E-state index contributed by atoms with van der Waals surface area (Å²) in [4.78, 5) is 12.0. The molecule has 2 aromatic carbocycles. The van der Waals surface area contributed by atoms with E-state index in [1.165, 1.54) is 0 Å². The average Bonchev–Trinajstić information content (AvgIpc) is 2.31. The second kappa shape index (κ2) is 6.01. The molecule has 1 N–H and O–H groups in total. The fourth-order valence-electron chi connectivity index (χ4n) is 1.71. The van der Waals surface area contributed by atoms with E-state index in [1.54, 1.807) is 25.1 Å². The van der Waals surface area contributed by atoms with Gasteiger partial charge in [0.05, 0.1) is 0 Å². The van der Waals surface area contributed by atoms with Gasteiger partial charge >= 0.3 is 0 Å². The predicted molar refractivity (Wildman–Crippen MR) is 80.9 cm³/mol. The first kappa shape index (κ1) is 15.1. The number of amides is 1. The third-order valence-electron chi connectivity index (χ3n) is 2.67. The Hall–Kier alpha value is -1.27. The van der Waals surface area contributed by atoms with E-state index >= 15 is 0 Å². The summed E-state index contributed by atoms with van der Waals surface area (Å²) in [7, 11) is 0. The van der Waals surface area contributed by atoms with E-state index in [-0.39, 0.29) is 4.47 Å². The quantitative estimate of drug-likeness (QED) is 0.745. The third kappa shape index (κ3) is 3.24. The van der Waals surface area contributed by atoms with Crippen LogP contribution in [0.3, 0.4) is 0 Å². The van der Waals surface area contributed by atoms with E-state index < -0.39 is 23.1 Å².